The first kappa shape index (κ1) is 14.9. The van der Waals surface area contributed by atoms with E-state index < -0.39 is 9.84 Å². The van der Waals surface area contributed by atoms with Crippen LogP contribution in [0.1, 0.15) is 34.1 Å². The van der Waals surface area contributed by atoms with Crippen molar-refractivity contribution >= 4 is 9.84 Å². The molecule has 0 bridgehead atoms. The van der Waals surface area contributed by atoms with Crippen molar-refractivity contribution in [1.29, 1.82) is 0 Å². The molecule has 0 aliphatic carbocycles. The monoisotopic (exact) mass is 262 g/mol. The number of sulfone groups is 1. The number of nitrogens with two attached hydrogens (primary N) is 1. The van der Waals surface area contributed by atoms with Gasteiger partial charge in [0.1, 0.15) is 0 Å². The molecule has 1 unspecified atom stereocenters. The van der Waals surface area contributed by atoms with Crippen molar-refractivity contribution in [2.75, 3.05) is 25.4 Å². The molecule has 1 aliphatic rings. The Morgan fingerprint density at radius 3 is 2.47 bits per heavy atom. The zero-order valence-corrected chi connectivity index (χ0v) is 12.3. The van der Waals surface area contributed by atoms with Crippen LogP contribution in [-0.4, -0.2) is 50.0 Å². The van der Waals surface area contributed by atoms with E-state index in [2.05, 4.69) is 18.7 Å². The molecule has 1 aliphatic heterocycles. The Morgan fingerprint density at radius 1 is 1.41 bits per heavy atom. The summed E-state index contributed by atoms with van der Waals surface area (Å²) in [6.45, 7) is 10.2. The Balaban J connectivity index is 2.50. The molecule has 1 rings (SSSR count). The summed E-state index contributed by atoms with van der Waals surface area (Å²) in [7, 11) is -2.92. The molecule has 2 N–H and O–H groups in total. The van der Waals surface area contributed by atoms with E-state index in [4.69, 9.17) is 5.73 Å². The second kappa shape index (κ2) is 5.24. The Hall–Kier alpha value is -0.130. The molecule has 102 valence electrons. The van der Waals surface area contributed by atoms with E-state index in [9.17, 15) is 8.42 Å². The van der Waals surface area contributed by atoms with Gasteiger partial charge < -0.3 is 10.6 Å². The number of hydrogen-bond donors (Lipinski definition) is 1. The van der Waals surface area contributed by atoms with Crippen LogP contribution in [0.5, 0.6) is 0 Å². The summed E-state index contributed by atoms with van der Waals surface area (Å²) in [6, 6.07) is 0.223. The maximum Gasteiger partial charge on any atom is 0.153 e. The van der Waals surface area contributed by atoms with Crippen LogP contribution in [0.2, 0.25) is 0 Å². The van der Waals surface area contributed by atoms with Gasteiger partial charge in [0.05, 0.1) is 11.0 Å². The molecule has 0 aromatic rings. The molecule has 5 heteroatoms. The van der Waals surface area contributed by atoms with E-state index in [1.807, 2.05) is 0 Å². The number of rotatable bonds is 4. The quantitative estimate of drug-likeness (QED) is 0.816. The predicted octanol–water partition coefficient (Wildman–Crippen LogP) is 0.869. The van der Waals surface area contributed by atoms with Gasteiger partial charge in [0.25, 0.3) is 0 Å². The average molecular weight is 262 g/mol. The zero-order chi connectivity index (χ0) is 13.3. The minimum Gasteiger partial charge on any atom is -0.327 e. The average Bonchev–Trinajstić information content (AvgIpc) is 2.19. The van der Waals surface area contributed by atoms with Crippen LogP contribution in [0.15, 0.2) is 0 Å². The van der Waals surface area contributed by atoms with Gasteiger partial charge in [-0.25, -0.2) is 8.42 Å². The molecule has 0 aromatic carbocycles. The highest BCUT2D eigenvalue weighted by Gasteiger charge is 2.33. The fraction of sp³-hybridized carbons (Fsp3) is 1.00. The smallest absolute Gasteiger partial charge is 0.153 e. The van der Waals surface area contributed by atoms with Crippen LogP contribution < -0.4 is 5.73 Å². The summed E-state index contributed by atoms with van der Waals surface area (Å²) in [6.07, 6.45) is 0.953. The molecule has 0 radical (unpaired) electrons. The first-order chi connectivity index (χ1) is 7.65. The van der Waals surface area contributed by atoms with Crippen molar-refractivity contribution < 1.29 is 8.42 Å². The summed E-state index contributed by atoms with van der Waals surface area (Å²) < 4.78 is 23.5. The topological polar surface area (TPSA) is 63.4 Å². The summed E-state index contributed by atoms with van der Waals surface area (Å²) in [5, 5.41) is -0.275. The van der Waals surface area contributed by atoms with Crippen LogP contribution in [0.25, 0.3) is 0 Å². The minimum absolute atomic E-state index is 0.0832. The van der Waals surface area contributed by atoms with Crippen LogP contribution in [-0.2, 0) is 9.84 Å². The van der Waals surface area contributed by atoms with Crippen molar-refractivity contribution in [3.8, 4) is 0 Å². The van der Waals surface area contributed by atoms with E-state index >= 15 is 0 Å². The van der Waals surface area contributed by atoms with Crippen LogP contribution in [0, 0.1) is 5.41 Å². The van der Waals surface area contributed by atoms with Gasteiger partial charge in [-0.15, -0.1) is 0 Å². The number of likely N-dealkylation sites (tertiary alicyclic amines) is 1. The van der Waals surface area contributed by atoms with Crippen LogP contribution in [0.4, 0.5) is 0 Å². The van der Waals surface area contributed by atoms with Gasteiger partial charge in [0, 0.05) is 19.1 Å². The molecule has 0 amide bonds. The molecule has 1 atom stereocenters. The standard InChI is InChI=1S/C12H26N2O2S/c1-10(2)17(15,16)8-7-14-6-5-11(13)12(3,4)9-14/h10-11H,5-9,13H2,1-4H3. The van der Waals surface area contributed by atoms with Gasteiger partial charge in [0.15, 0.2) is 9.84 Å². The largest absolute Gasteiger partial charge is 0.327 e. The Labute approximate surface area is 105 Å². The number of piperidine rings is 1. The molecular formula is C12H26N2O2S. The third kappa shape index (κ3) is 3.93. The zero-order valence-electron chi connectivity index (χ0n) is 11.4. The molecule has 1 heterocycles. The third-order valence-electron chi connectivity index (χ3n) is 3.80. The van der Waals surface area contributed by atoms with Crippen molar-refractivity contribution in [3.63, 3.8) is 0 Å². The first-order valence-electron chi connectivity index (χ1n) is 6.34. The normalized spacial score (nSPS) is 26.4. The fourth-order valence-electron chi connectivity index (χ4n) is 2.17. The van der Waals surface area contributed by atoms with Crippen molar-refractivity contribution in [1.82, 2.24) is 4.90 Å². The van der Waals surface area contributed by atoms with Crippen molar-refractivity contribution in [2.45, 2.75) is 45.4 Å². The van der Waals surface area contributed by atoms with E-state index in [-0.39, 0.29) is 22.5 Å². The van der Waals surface area contributed by atoms with E-state index in [0.717, 1.165) is 19.5 Å². The second-order valence-corrected chi connectivity index (χ2v) is 8.75. The highest BCUT2D eigenvalue weighted by molar-refractivity contribution is 7.92. The SMILES string of the molecule is CC(C)S(=O)(=O)CCN1CCC(N)C(C)(C)C1. The summed E-state index contributed by atoms with van der Waals surface area (Å²) >= 11 is 0. The van der Waals surface area contributed by atoms with E-state index in [1.165, 1.54) is 0 Å². The van der Waals surface area contributed by atoms with Crippen LogP contribution >= 0.6 is 0 Å². The maximum absolute atomic E-state index is 11.7. The molecule has 1 fully saturated rings. The van der Waals surface area contributed by atoms with Crippen molar-refractivity contribution in [2.24, 2.45) is 11.1 Å². The number of hydrogen-bond acceptors (Lipinski definition) is 4. The highest BCUT2D eigenvalue weighted by atomic mass is 32.2. The molecule has 0 aromatic heterocycles. The Bertz CT molecular complexity index is 350. The minimum atomic E-state index is -2.92. The van der Waals surface area contributed by atoms with Gasteiger partial charge in [-0.1, -0.05) is 13.8 Å². The van der Waals surface area contributed by atoms with Gasteiger partial charge in [-0.2, -0.15) is 0 Å². The Kier molecular flexibility index (Phi) is 4.60. The molecule has 0 saturated carbocycles. The summed E-state index contributed by atoms with van der Waals surface area (Å²) in [4.78, 5) is 2.23. The lowest BCUT2D eigenvalue weighted by Gasteiger charge is -2.42. The lowest BCUT2D eigenvalue weighted by atomic mass is 9.80. The second-order valence-electron chi connectivity index (χ2n) is 6.08. The summed E-state index contributed by atoms with van der Waals surface area (Å²) in [5.74, 6) is 0.260. The molecule has 0 spiro atoms. The van der Waals surface area contributed by atoms with Gasteiger partial charge in [-0.3, -0.25) is 0 Å². The summed E-state index contributed by atoms with van der Waals surface area (Å²) in [5.41, 5.74) is 6.14. The van der Waals surface area contributed by atoms with Gasteiger partial charge >= 0.3 is 0 Å². The maximum atomic E-state index is 11.7. The molecule has 4 nitrogen and oxygen atoms in total. The predicted molar refractivity (Wildman–Crippen MR) is 71.7 cm³/mol. The van der Waals surface area contributed by atoms with E-state index in [0.29, 0.717) is 6.54 Å². The first-order valence-corrected chi connectivity index (χ1v) is 8.06. The van der Waals surface area contributed by atoms with Gasteiger partial charge in [0.2, 0.25) is 0 Å². The van der Waals surface area contributed by atoms with Crippen molar-refractivity contribution in [3.05, 3.63) is 0 Å². The molecular weight excluding hydrogens is 236 g/mol. The lowest BCUT2D eigenvalue weighted by Crippen LogP contribution is -2.53. The fourth-order valence-corrected chi connectivity index (χ4v) is 3.15. The number of nitrogens with zero attached hydrogens (tertiary/aromatic N) is 1. The highest BCUT2D eigenvalue weighted by Crippen LogP contribution is 2.27. The Morgan fingerprint density at radius 2 is 2.00 bits per heavy atom. The van der Waals surface area contributed by atoms with Crippen LogP contribution in [0.3, 0.4) is 0 Å². The van der Waals surface area contributed by atoms with E-state index in [1.54, 1.807) is 13.8 Å². The third-order valence-corrected chi connectivity index (χ3v) is 5.99. The van der Waals surface area contributed by atoms with Gasteiger partial charge in [-0.05, 0) is 32.2 Å². The lowest BCUT2D eigenvalue weighted by molar-refractivity contribution is 0.101. The molecule has 17 heavy (non-hydrogen) atoms. The molecule has 1 saturated heterocycles.